The summed E-state index contributed by atoms with van der Waals surface area (Å²) in [7, 11) is 1.69. The summed E-state index contributed by atoms with van der Waals surface area (Å²) in [6.45, 7) is 0. The summed E-state index contributed by atoms with van der Waals surface area (Å²) in [4.78, 5) is 15.0. The van der Waals surface area contributed by atoms with Crippen molar-refractivity contribution in [3.63, 3.8) is 0 Å². The van der Waals surface area contributed by atoms with Crippen molar-refractivity contribution in [3.8, 4) is 0 Å². The summed E-state index contributed by atoms with van der Waals surface area (Å²) in [5.74, 6) is -1.09. The highest BCUT2D eigenvalue weighted by atomic mass is 32.2. The Morgan fingerprint density at radius 1 is 1.25 bits per heavy atom. The van der Waals surface area contributed by atoms with Crippen molar-refractivity contribution in [2.24, 2.45) is 7.05 Å². The third-order valence-electron chi connectivity index (χ3n) is 3.54. The van der Waals surface area contributed by atoms with Crippen molar-refractivity contribution in [3.05, 3.63) is 53.5 Å². The molecule has 0 saturated heterocycles. The molecule has 24 heavy (non-hydrogen) atoms. The van der Waals surface area contributed by atoms with Gasteiger partial charge in [0.1, 0.15) is 5.03 Å². The van der Waals surface area contributed by atoms with Crippen LogP contribution in [0.1, 0.15) is 15.9 Å². The van der Waals surface area contributed by atoms with E-state index in [0.29, 0.717) is 34.5 Å². The van der Waals surface area contributed by atoms with Crippen LogP contribution in [0.4, 0.5) is 17.6 Å². The molecule has 2 aromatic heterocycles. The van der Waals surface area contributed by atoms with Crippen molar-refractivity contribution >= 4 is 29.0 Å². The molecule has 0 aliphatic rings. The molecule has 0 radical (unpaired) electrons. The number of hydrogen-bond acceptors (Lipinski definition) is 3. The number of aryl methyl sites for hydroxylation is 1. The average Bonchev–Trinajstić information content (AvgIpc) is 2.81. The number of aldehydes is 1. The SMILES string of the molecule is Cn1c(Sc2ncc(C(F)(F)F)cc2F)c(C=O)c2ccccc21. The normalized spacial score (nSPS) is 11.9. The summed E-state index contributed by atoms with van der Waals surface area (Å²) in [5.41, 5.74) is -0.0504. The predicted molar refractivity (Wildman–Crippen MR) is 81.6 cm³/mol. The van der Waals surface area contributed by atoms with Gasteiger partial charge in [-0.15, -0.1) is 0 Å². The zero-order valence-corrected chi connectivity index (χ0v) is 13.1. The number of halogens is 4. The molecule has 0 fully saturated rings. The first kappa shape index (κ1) is 16.5. The highest BCUT2D eigenvalue weighted by molar-refractivity contribution is 7.99. The molecule has 3 nitrogen and oxygen atoms in total. The maximum atomic E-state index is 14.0. The fourth-order valence-electron chi connectivity index (χ4n) is 2.38. The number of aromatic nitrogens is 2. The van der Waals surface area contributed by atoms with Crippen LogP contribution in [-0.4, -0.2) is 15.8 Å². The van der Waals surface area contributed by atoms with Gasteiger partial charge in [-0.1, -0.05) is 18.2 Å². The smallest absolute Gasteiger partial charge is 0.338 e. The molecule has 0 atom stereocenters. The molecule has 0 aliphatic heterocycles. The Bertz CT molecular complexity index is 934. The third kappa shape index (κ3) is 2.77. The zero-order valence-electron chi connectivity index (χ0n) is 12.3. The van der Waals surface area contributed by atoms with E-state index in [1.54, 1.807) is 35.9 Å². The predicted octanol–water partition coefficient (Wildman–Crippen LogP) is 4.69. The van der Waals surface area contributed by atoms with E-state index >= 15 is 0 Å². The summed E-state index contributed by atoms with van der Waals surface area (Å²) >= 11 is 0.815. The summed E-state index contributed by atoms with van der Waals surface area (Å²) in [6, 6.07) is 7.50. The van der Waals surface area contributed by atoms with E-state index in [0.717, 1.165) is 17.3 Å². The number of benzene rings is 1. The Balaban J connectivity index is 2.08. The molecule has 3 rings (SSSR count). The van der Waals surface area contributed by atoms with Gasteiger partial charge in [-0.25, -0.2) is 9.37 Å². The first-order valence-corrected chi connectivity index (χ1v) is 7.57. The van der Waals surface area contributed by atoms with E-state index in [-0.39, 0.29) is 5.03 Å². The van der Waals surface area contributed by atoms with E-state index in [4.69, 9.17) is 0 Å². The molecule has 8 heteroatoms. The van der Waals surface area contributed by atoms with E-state index in [1.165, 1.54) is 0 Å². The average molecular weight is 354 g/mol. The quantitative estimate of drug-likeness (QED) is 0.505. The van der Waals surface area contributed by atoms with Gasteiger partial charge in [0.25, 0.3) is 0 Å². The van der Waals surface area contributed by atoms with Crippen molar-refractivity contribution in [1.29, 1.82) is 0 Å². The largest absolute Gasteiger partial charge is 0.417 e. The van der Waals surface area contributed by atoms with Gasteiger partial charge < -0.3 is 4.57 Å². The summed E-state index contributed by atoms with van der Waals surface area (Å²) < 4.78 is 53.4. The van der Waals surface area contributed by atoms with Gasteiger partial charge in [0.15, 0.2) is 12.1 Å². The maximum absolute atomic E-state index is 14.0. The Labute approximate surface area is 138 Å². The molecule has 0 saturated carbocycles. The molecule has 2 heterocycles. The van der Waals surface area contributed by atoms with Gasteiger partial charge >= 0.3 is 6.18 Å². The molecule has 0 N–H and O–H groups in total. The number of hydrogen-bond donors (Lipinski definition) is 0. The fraction of sp³-hybridized carbons (Fsp3) is 0.125. The lowest BCUT2D eigenvalue weighted by Crippen LogP contribution is -2.06. The van der Waals surface area contributed by atoms with E-state index in [2.05, 4.69) is 4.98 Å². The number of para-hydroxylation sites is 1. The Kier molecular flexibility index (Phi) is 4.08. The van der Waals surface area contributed by atoms with Crippen LogP contribution in [0.5, 0.6) is 0 Å². The van der Waals surface area contributed by atoms with Crippen LogP contribution >= 0.6 is 11.8 Å². The number of nitrogens with zero attached hydrogens (tertiary/aromatic N) is 2. The van der Waals surface area contributed by atoms with Gasteiger partial charge in [-0.2, -0.15) is 13.2 Å². The van der Waals surface area contributed by atoms with Crippen LogP contribution in [0.25, 0.3) is 10.9 Å². The topological polar surface area (TPSA) is 34.9 Å². The second kappa shape index (κ2) is 5.94. The lowest BCUT2D eigenvalue weighted by Gasteiger charge is -2.09. The number of fused-ring (bicyclic) bond motifs is 1. The number of pyridine rings is 1. The lowest BCUT2D eigenvalue weighted by atomic mass is 10.2. The van der Waals surface area contributed by atoms with Gasteiger partial charge in [0.2, 0.25) is 0 Å². The molecule has 3 aromatic rings. The Morgan fingerprint density at radius 3 is 2.58 bits per heavy atom. The number of carbonyl (C=O) groups excluding carboxylic acids is 1. The van der Waals surface area contributed by atoms with Crippen LogP contribution in [0.15, 0.2) is 46.6 Å². The first-order valence-electron chi connectivity index (χ1n) is 6.76. The maximum Gasteiger partial charge on any atom is 0.417 e. The van der Waals surface area contributed by atoms with Gasteiger partial charge in [0, 0.05) is 24.1 Å². The summed E-state index contributed by atoms with van der Waals surface area (Å²) in [5, 5.41) is 0.874. The number of alkyl halides is 3. The first-order chi connectivity index (χ1) is 11.3. The van der Waals surface area contributed by atoms with Gasteiger partial charge in [-0.3, -0.25) is 4.79 Å². The molecular formula is C16H10F4N2OS. The Morgan fingerprint density at radius 2 is 1.96 bits per heavy atom. The second-order valence-electron chi connectivity index (χ2n) is 5.02. The van der Waals surface area contributed by atoms with Gasteiger partial charge in [0.05, 0.1) is 16.2 Å². The van der Waals surface area contributed by atoms with Crippen LogP contribution < -0.4 is 0 Å². The van der Waals surface area contributed by atoms with Crippen LogP contribution in [0.3, 0.4) is 0 Å². The van der Waals surface area contributed by atoms with Crippen molar-refractivity contribution in [1.82, 2.24) is 9.55 Å². The van der Waals surface area contributed by atoms with Crippen molar-refractivity contribution in [2.45, 2.75) is 16.2 Å². The fourth-order valence-corrected chi connectivity index (χ4v) is 3.33. The van der Waals surface area contributed by atoms with Crippen LogP contribution in [0, 0.1) is 5.82 Å². The molecule has 0 unspecified atom stereocenters. The monoisotopic (exact) mass is 354 g/mol. The van der Waals surface area contributed by atoms with E-state index in [9.17, 15) is 22.4 Å². The lowest BCUT2D eigenvalue weighted by molar-refractivity contribution is -0.138. The molecule has 0 spiro atoms. The van der Waals surface area contributed by atoms with Crippen LogP contribution in [0.2, 0.25) is 0 Å². The molecule has 124 valence electrons. The standard InChI is InChI=1S/C16H10F4N2OS/c1-22-13-5-3-2-4-10(13)11(8-23)15(22)24-14-12(17)6-9(7-21-14)16(18,19)20/h2-8H,1H3. The second-order valence-corrected chi connectivity index (χ2v) is 6.00. The Hall–Kier alpha value is -2.35. The van der Waals surface area contributed by atoms with E-state index < -0.39 is 17.6 Å². The van der Waals surface area contributed by atoms with Crippen molar-refractivity contribution < 1.29 is 22.4 Å². The minimum Gasteiger partial charge on any atom is -0.338 e. The minimum atomic E-state index is -4.66. The van der Waals surface area contributed by atoms with Crippen molar-refractivity contribution in [2.75, 3.05) is 0 Å². The highest BCUT2D eigenvalue weighted by Crippen LogP contribution is 2.37. The zero-order chi connectivity index (χ0) is 17.5. The molecule has 0 aliphatic carbocycles. The third-order valence-corrected chi connectivity index (χ3v) is 4.72. The minimum absolute atomic E-state index is 0.225. The number of rotatable bonds is 3. The van der Waals surface area contributed by atoms with E-state index in [1.807, 2.05) is 0 Å². The summed E-state index contributed by atoms with van der Waals surface area (Å²) in [6.07, 6.45) is -3.44. The molecular weight excluding hydrogens is 344 g/mol. The van der Waals surface area contributed by atoms with Crippen LogP contribution in [-0.2, 0) is 13.2 Å². The molecule has 1 aromatic carbocycles. The molecule has 0 bridgehead atoms. The number of carbonyl (C=O) groups is 1. The molecule has 0 amide bonds. The highest BCUT2D eigenvalue weighted by Gasteiger charge is 2.32. The van der Waals surface area contributed by atoms with Gasteiger partial charge in [-0.05, 0) is 23.9 Å².